The van der Waals surface area contributed by atoms with Crippen molar-refractivity contribution in [2.75, 3.05) is 0 Å². The first-order valence-corrected chi connectivity index (χ1v) is 8.85. The monoisotopic (exact) mass is 295 g/mol. The van der Waals surface area contributed by atoms with Crippen molar-refractivity contribution in [2.45, 2.75) is 57.4 Å². The zero-order valence-electron chi connectivity index (χ0n) is 13.2. The van der Waals surface area contributed by atoms with E-state index >= 15 is 0 Å². The van der Waals surface area contributed by atoms with Gasteiger partial charge in [0.15, 0.2) is 0 Å². The van der Waals surface area contributed by atoms with Crippen LogP contribution >= 0.6 is 0 Å². The van der Waals surface area contributed by atoms with Crippen LogP contribution in [0.3, 0.4) is 0 Å². The van der Waals surface area contributed by atoms with Gasteiger partial charge in [-0.15, -0.1) is 0 Å². The number of phenolic OH excluding ortho intramolecular Hbond substituents is 1. The smallest absolute Gasteiger partial charge is 0.124 e. The third-order valence-corrected chi connectivity index (χ3v) is 5.89. The molecule has 4 rings (SSSR count). The fourth-order valence-electron chi connectivity index (χ4n) is 4.85. The Morgan fingerprint density at radius 1 is 1.05 bits per heavy atom. The highest BCUT2D eigenvalue weighted by Gasteiger charge is 2.40. The summed E-state index contributed by atoms with van der Waals surface area (Å²) in [4.78, 5) is 4.97. The maximum atomic E-state index is 9.93. The molecule has 0 radical (unpaired) electrons. The zero-order chi connectivity index (χ0) is 14.9. The summed E-state index contributed by atoms with van der Waals surface area (Å²) in [6, 6.07) is 7.96. The number of nitrogens with zero attached hydrogens (tertiary/aromatic N) is 1. The van der Waals surface area contributed by atoms with E-state index in [1.807, 2.05) is 24.4 Å². The average Bonchev–Trinajstić information content (AvgIpc) is 2.54. The molecule has 2 nitrogen and oxygen atoms in total. The van der Waals surface area contributed by atoms with Crippen LogP contribution < -0.4 is 0 Å². The van der Waals surface area contributed by atoms with Crippen molar-refractivity contribution >= 4 is 6.21 Å². The number of allylic oxidation sites excluding steroid dienone is 1. The number of hydrogen-bond acceptors (Lipinski definition) is 2. The molecule has 2 bridgehead atoms. The molecule has 3 aliphatic carbocycles. The van der Waals surface area contributed by atoms with Crippen LogP contribution in [0.25, 0.3) is 0 Å². The highest BCUT2D eigenvalue weighted by Crippen LogP contribution is 2.49. The molecule has 3 atom stereocenters. The van der Waals surface area contributed by atoms with Crippen molar-refractivity contribution in [2.24, 2.45) is 16.8 Å². The van der Waals surface area contributed by atoms with E-state index in [-0.39, 0.29) is 0 Å². The van der Waals surface area contributed by atoms with Gasteiger partial charge >= 0.3 is 0 Å². The maximum Gasteiger partial charge on any atom is 0.124 e. The van der Waals surface area contributed by atoms with Gasteiger partial charge in [0.2, 0.25) is 0 Å². The van der Waals surface area contributed by atoms with Crippen LogP contribution in [0, 0.1) is 11.8 Å². The number of fused-ring (bicyclic) bond motifs is 3. The normalized spacial score (nSPS) is 31.4. The van der Waals surface area contributed by atoms with Gasteiger partial charge in [-0.05, 0) is 63.0 Å². The largest absolute Gasteiger partial charge is 0.507 e. The number of aliphatic imine (C=N–C) groups is 1. The van der Waals surface area contributed by atoms with Crippen molar-refractivity contribution in [3.63, 3.8) is 0 Å². The summed E-state index contributed by atoms with van der Waals surface area (Å²) in [7, 11) is 0. The lowest BCUT2D eigenvalue weighted by Crippen LogP contribution is -2.38. The van der Waals surface area contributed by atoms with E-state index in [2.05, 4.69) is 0 Å². The van der Waals surface area contributed by atoms with Crippen LogP contribution in [0.15, 0.2) is 40.4 Å². The van der Waals surface area contributed by atoms with Crippen molar-refractivity contribution in [1.82, 2.24) is 0 Å². The lowest BCUT2D eigenvalue weighted by molar-refractivity contribution is 0.215. The average molecular weight is 295 g/mol. The Kier molecular flexibility index (Phi) is 3.77. The van der Waals surface area contributed by atoms with Gasteiger partial charge in [-0.25, -0.2) is 0 Å². The highest BCUT2D eigenvalue weighted by atomic mass is 16.3. The summed E-state index contributed by atoms with van der Waals surface area (Å²) < 4.78 is 0. The first kappa shape index (κ1) is 14.0. The fourth-order valence-corrected chi connectivity index (χ4v) is 4.85. The first-order valence-electron chi connectivity index (χ1n) is 8.85. The number of aromatic hydroxyl groups is 1. The Morgan fingerprint density at radius 2 is 1.91 bits per heavy atom. The van der Waals surface area contributed by atoms with Gasteiger partial charge < -0.3 is 5.11 Å². The molecule has 1 saturated carbocycles. The summed E-state index contributed by atoms with van der Waals surface area (Å²) in [6.45, 7) is 0. The lowest BCUT2D eigenvalue weighted by atomic mass is 9.63. The topological polar surface area (TPSA) is 32.6 Å². The summed E-state index contributed by atoms with van der Waals surface area (Å²) in [5, 5.41) is 9.93. The molecule has 0 aliphatic heterocycles. The molecule has 2 heteroatoms. The highest BCUT2D eigenvalue weighted by molar-refractivity contribution is 5.83. The minimum atomic E-state index is 0.338. The van der Waals surface area contributed by atoms with E-state index < -0.39 is 0 Å². The van der Waals surface area contributed by atoms with E-state index in [4.69, 9.17) is 4.99 Å². The van der Waals surface area contributed by atoms with Gasteiger partial charge in [-0.3, -0.25) is 4.99 Å². The molecule has 1 N–H and O–H groups in total. The molecular weight excluding hydrogens is 270 g/mol. The number of rotatable bonds is 2. The van der Waals surface area contributed by atoms with Crippen LogP contribution in [-0.2, 0) is 0 Å². The van der Waals surface area contributed by atoms with Gasteiger partial charge in [0.1, 0.15) is 5.75 Å². The molecule has 3 aliphatic rings. The fraction of sp³-hybridized carbons (Fsp3) is 0.550. The van der Waals surface area contributed by atoms with Gasteiger partial charge in [0.25, 0.3) is 0 Å². The van der Waals surface area contributed by atoms with E-state index in [1.54, 1.807) is 17.2 Å². The summed E-state index contributed by atoms with van der Waals surface area (Å²) in [6.07, 6.45) is 12.6. The molecule has 0 unspecified atom stereocenters. The number of para-hydroxylation sites is 1. The van der Waals surface area contributed by atoms with Crippen LogP contribution in [0.2, 0.25) is 0 Å². The Hall–Kier alpha value is -1.57. The molecule has 22 heavy (non-hydrogen) atoms. The molecule has 0 saturated heterocycles. The quantitative estimate of drug-likeness (QED) is 0.612. The van der Waals surface area contributed by atoms with Crippen molar-refractivity contribution in [3.05, 3.63) is 41.0 Å². The van der Waals surface area contributed by atoms with Crippen LogP contribution in [0.1, 0.15) is 56.9 Å². The maximum absolute atomic E-state index is 9.93. The Balaban J connectivity index is 1.62. The third-order valence-electron chi connectivity index (χ3n) is 5.89. The van der Waals surface area contributed by atoms with E-state index in [0.717, 1.165) is 11.5 Å². The predicted molar refractivity (Wildman–Crippen MR) is 90.4 cm³/mol. The standard InChI is InChI=1S/C20H25NO/c22-19-11-4-2-7-16(19)13-21-20-15-8-5-10-18(20)17-9-3-1-6-14(17)12-15/h2,4,7,11,13,15,18,20,22H,1,3,5-6,8-10,12H2/t15-,18+,20-/m0/s1. The summed E-state index contributed by atoms with van der Waals surface area (Å²) >= 11 is 0. The molecule has 1 aromatic rings. The second-order valence-electron chi connectivity index (χ2n) is 7.17. The molecule has 116 valence electrons. The van der Waals surface area contributed by atoms with Crippen molar-refractivity contribution in [3.8, 4) is 5.75 Å². The Bertz CT molecular complexity index is 616. The molecular formula is C20H25NO. The Labute approximate surface area is 133 Å². The van der Waals surface area contributed by atoms with E-state index in [0.29, 0.717) is 17.7 Å². The summed E-state index contributed by atoms with van der Waals surface area (Å²) in [5.41, 5.74) is 4.40. The second kappa shape index (κ2) is 5.91. The molecule has 0 spiro atoms. The summed E-state index contributed by atoms with van der Waals surface area (Å²) in [5.74, 6) is 1.76. The van der Waals surface area contributed by atoms with E-state index in [1.165, 1.54) is 51.4 Å². The number of hydrogen-bond donors (Lipinski definition) is 1. The first-order chi connectivity index (χ1) is 10.8. The molecule has 0 heterocycles. The zero-order valence-corrected chi connectivity index (χ0v) is 13.2. The molecule has 0 amide bonds. The number of benzene rings is 1. The minimum Gasteiger partial charge on any atom is -0.507 e. The van der Waals surface area contributed by atoms with E-state index in [9.17, 15) is 5.11 Å². The van der Waals surface area contributed by atoms with Gasteiger partial charge in [0, 0.05) is 17.7 Å². The number of phenols is 1. The molecule has 0 aromatic heterocycles. The van der Waals surface area contributed by atoms with Crippen LogP contribution in [0.4, 0.5) is 0 Å². The third kappa shape index (κ3) is 2.49. The predicted octanol–water partition coefficient (Wildman–Crippen LogP) is 4.87. The van der Waals surface area contributed by atoms with Crippen LogP contribution in [-0.4, -0.2) is 17.4 Å². The van der Waals surface area contributed by atoms with Gasteiger partial charge in [0.05, 0.1) is 6.04 Å². The van der Waals surface area contributed by atoms with Gasteiger partial charge in [-0.1, -0.05) is 29.7 Å². The molecule has 1 aromatic carbocycles. The molecule has 1 fully saturated rings. The van der Waals surface area contributed by atoms with Crippen molar-refractivity contribution in [1.29, 1.82) is 0 Å². The van der Waals surface area contributed by atoms with Gasteiger partial charge in [-0.2, -0.15) is 0 Å². The Morgan fingerprint density at radius 3 is 2.82 bits per heavy atom. The van der Waals surface area contributed by atoms with Crippen LogP contribution in [0.5, 0.6) is 5.75 Å². The SMILES string of the molecule is Oc1ccccc1C=N[C@H]1[C@H]2CCC[C@@H]1C1=C(CCCC1)C2. The minimum absolute atomic E-state index is 0.338. The van der Waals surface area contributed by atoms with Crippen molar-refractivity contribution < 1.29 is 5.11 Å². The lowest BCUT2D eigenvalue weighted by Gasteiger charge is -2.44. The second-order valence-corrected chi connectivity index (χ2v) is 7.17.